The van der Waals surface area contributed by atoms with E-state index in [1.807, 2.05) is 24.3 Å². The van der Waals surface area contributed by atoms with Crippen LogP contribution in [0.25, 0.3) is 22.4 Å². The summed E-state index contributed by atoms with van der Waals surface area (Å²) in [4.78, 5) is 15.9. The number of aliphatic hydroxyl groups excluding tert-OH is 2. The van der Waals surface area contributed by atoms with Crippen molar-refractivity contribution in [3.8, 4) is 28.1 Å². The molecule has 3 aromatic rings. The van der Waals surface area contributed by atoms with Crippen LogP contribution in [0, 0.1) is 5.82 Å². The van der Waals surface area contributed by atoms with Gasteiger partial charge in [-0.1, -0.05) is 45.5 Å². The third-order valence-electron chi connectivity index (χ3n) is 6.54. The molecule has 0 unspecified atom stereocenters. The second-order valence-electron chi connectivity index (χ2n) is 9.59. The van der Waals surface area contributed by atoms with Gasteiger partial charge in [0.2, 0.25) is 0 Å². The smallest absolute Gasteiger partial charge is 0.550 e. The van der Waals surface area contributed by atoms with Gasteiger partial charge in [-0.25, -0.2) is 4.39 Å². The molecule has 1 aromatic heterocycles. The van der Waals surface area contributed by atoms with E-state index < -0.39 is 24.6 Å². The van der Waals surface area contributed by atoms with Gasteiger partial charge in [0.15, 0.2) is 0 Å². The number of rotatable bonds is 9. The van der Waals surface area contributed by atoms with E-state index in [0.717, 1.165) is 45.0 Å². The topological polar surface area (TPSA) is 103 Å². The molecule has 0 saturated heterocycles. The minimum absolute atomic E-state index is 0. The molecule has 0 amide bonds. The van der Waals surface area contributed by atoms with Gasteiger partial charge in [-0.2, -0.15) is 0 Å². The van der Waals surface area contributed by atoms with Gasteiger partial charge in [-0.15, -0.1) is 0 Å². The summed E-state index contributed by atoms with van der Waals surface area (Å²) in [6.45, 7) is 4.59. The molecule has 1 aliphatic heterocycles. The maximum absolute atomic E-state index is 13.8. The predicted octanol–water partition coefficient (Wildman–Crippen LogP) is 1.44. The molecule has 2 atom stereocenters. The Bertz CT molecular complexity index is 1230. The average molecular weight is 532 g/mol. The summed E-state index contributed by atoms with van der Waals surface area (Å²) in [7, 11) is 0. The molecule has 4 rings (SSSR count). The van der Waals surface area contributed by atoms with Crippen LogP contribution >= 0.6 is 0 Å². The monoisotopic (exact) mass is 531 g/mol. The van der Waals surface area contributed by atoms with Crippen LogP contribution in [0.5, 0.6) is 5.75 Å². The van der Waals surface area contributed by atoms with Crippen LogP contribution in [-0.2, 0) is 17.6 Å². The van der Waals surface area contributed by atoms with Gasteiger partial charge in [0.05, 0.1) is 24.5 Å². The maximum atomic E-state index is 13.8. The molecular weight excluding hydrogens is 496 g/mol. The minimum atomic E-state index is -1.35. The Hall–Kier alpha value is -2.29. The molecule has 0 bridgehead atoms. The Balaban J connectivity index is 0.00000253. The molecule has 198 valence electrons. The number of para-hydroxylation sites is 1. The third kappa shape index (κ3) is 7.42. The van der Waals surface area contributed by atoms with E-state index in [4.69, 9.17) is 9.72 Å². The van der Waals surface area contributed by atoms with Crippen molar-refractivity contribution in [2.45, 2.75) is 71.5 Å². The van der Waals surface area contributed by atoms with Crippen molar-refractivity contribution < 1.29 is 58.8 Å². The van der Waals surface area contributed by atoms with Crippen LogP contribution in [0.4, 0.5) is 4.39 Å². The van der Waals surface area contributed by atoms with Crippen molar-refractivity contribution in [3.63, 3.8) is 0 Å². The Kier molecular flexibility index (Phi) is 11.9. The molecule has 0 fully saturated rings. The molecule has 0 radical (unpaired) electrons. The molecule has 1 aliphatic rings. The van der Waals surface area contributed by atoms with Crippen LogP contribution < -0.4 is 39.4 Å². The van der Waals surface area contributed by atoms with Crippen molar-refractivity contribution in [2.75, 3.05) is 6.61 Å². The van der Waals surface area contributed by atoms with Crippen LogP contribution in [0.1, 0.15) is 63.3 Å². The number of hydrogen-bond donors (Lipinski definition) is 2. The normalized spacial score (nSPS) is 13.6. The number of carboxylic acids is 1. The number of halogens is 1. The van der Waals surface area contributed by atoms with Crippen LogP contribution in [0.2, 0.25) is 0 Å². The van der Waals surface area contributed by atoms with Crippen molar-refractivity contribution in [2.24, 2.45) is 0 Å². The summed E-state index contributed by atoms with van der Waals surface area (Å²) in [6.07, 6.45) is -1.27. The molecule has 2 N–H and O–H groups in total. The molecule has 2 aromatic carbocycles. The molecule has 2 heterocycles. The molecule has 0 aliphatic carbocycles. The van der Waals surface area contributed by atoms with Crippen LogP contribution in [-0.4, -0.2) is 40.0 Å². The van der Waals surface area contributed by atoms with E-state index in [1.165, 1.54) is 12.1 Å². The van der Waals surface area contributed by atoms with Gasteiger partial charge in [0, 0.05) is 30.1 Å². The quantitative estimate of drug-likeness (QED) is 0.405. The van der Waals surface area contributed by atoms with Gasteiger partial charge in [-0.05, 0) is 71.7 Å². The first-order chi connectivity index (χ1) is 17.2. The minimum Gasteiger partial charge on any atom is -0.550 e. The molecule has 38 heavy (non-hydrogen) atoms. The van der Waals surface area contributed by atoms with E-state index in [-0.39, 0.29) is 55.1 Å². The van der Waals surface area contributed by atoms with Gasteiger partial charge in [0.1, 0.15) is 11.6 Å². The number of pyridine rings is 1. The standard InChI is InChI=1S/C29H32FNO5.CH4.Na/c1-17(2)28-23(12-11-20(32)15-21(33)16-26(34)35)27(18-7-9-19(30)10-8-18)24-13-14-36-25-6-4-3-5-22(25)29(24)31-28;;/h3-10,17,20-21,32-33H,11-16H2,1-2H3,(H,34,35);1H4;/q;;+1/p-1/t20-,21-;;/m1../s1. The van der Waals surface area contributed by atoms with E-state index in [1.54, 1.807) is 12.1 Å². The molecule has 0 saturated carbocycles. The second-order valence-corrected chi connectivity index (χ2v) is 9.59. The Morgan fingerprint density at radius 1 is 1.11 bits per heavy atom. The van der Waals surface area contributed by atoms with Crippen molar-refractivity contribution >= 4 is 5.97 Å². The van der Waals surface area contributed by atoms with Gasteiger partial charge < -0.3 is 24.9 Å². The van der Waals surface area contributed by atoms with E-state index >= 15 is 0 Å². The SMILES string of the molecule is C.CC(C)c1nc2c(c(-c3ccc(F)cc3)c1CC[C@@H](O)C[C@@H](O)CC(=O)[O-])CCOc1ccccc1-2.[Na+]. The van der Waals surface area contributed by atoms with E-state index in [0.29, 0.717) is 25.9 Å². The largest absolute Gasteiger partial charge is 1.00 e. The summed E-state index contributed by atoms with van der Waals surface area (Å²) >= 11 is 0. The van der Waals surface area contributed by atoms with Gasteiger partial charge >= 0.3 is 29.6 Å². The average Bonchev–Trinajstić information content (AvgIpc) is 3.01. The molecular formula is C30H35FNNaO5. The van der Waals surface area contributed by atoms with Crippen molar-refractivity contribution in [1.82, 2.24) is 4.98 Å². The maximum Gasteiger partial charge on any atom is 1.00 e. The summed E-state index contributed by atoms with van der Waals surface area (Å²) in [5.41, 5.74) is 6.43. The number of carbonyl (C=O) groups is 1. The number of benzene rings is 2. The first-order valence-electron chi connectivity index (χ1n) is 12.3. The van der Waals surface area contributed by atoms with E-state index in [9.17, 15) is 24.5 Å². The molecule has 6 nitrogen and oxygen atoms in total. The number of carbonyl (C=O) groups excluding carboxylic acids is 1. The van der Waals surface area contributed by atoms with Crippen molar-refractivity contribution in [3.05, 3.63) is 71.2 Å². The Morgan fingerprint density at radius 3 is 2.45 bits per heavy atom. The number of aliphatic carboxylic acids is 1. The van der Waals surface area contributed by atoms with Crippen molar-refractivity contribution in [1.29, 1.82) is 0 Å². The number of ether oxygens (including phenoxy) is 1. The number of aromatic nitrogens is 1. The second kappa shape index (κ2) is 14.2. The van der Waals surface area contributed by atoms with E-state index in [2.05, 4.69) is 13.8 Å². The first-order valence-corrected chi connectivity index (χ1v) is 12.3. The third-order valence-corrected chi connectivity index (χ3v) is 6.54. The fourth-order valence-electron chi connectivity index (χ4n) is 4.92. The fourth-order valence-corrected chi connectivity index (χ4v) is 4.92. The molecule has 0 spiro atoms. The zero-order valence-electron chi connectivity index (χ0n) is 21.5. The number of carboxylic acid groups (broad SMARTS) is 1. The Morgan fingerprint density at radius 2 is 1.79 bits per heavy atom. The number of nitrogens with zero attached hydrogens (tertiary/aromatic N) is 1. The molecule has 8 heteroatoms. The first kappa shape index (κ1) is 31.9. The zero-order chi connectivity index (χ0) is 25.8. The predicted molar refractivity (Wildman–Crippen MR) is 140 cm³/mol. The van der Waals surface area contributed by atoms with Gasteiger partial charge in [-0.3, -0.25) is 4.98 Å². The fraction of sp³-hybridized carbons (Fsp3) is 0.400. The summed E-state index contributed by atoms with van der Waals surface area (Å²) in [5, 5.41) is 31.3. The Labute approximate surface area is 246 Å². The van der Waals surface area contributed by atoms with Gasteiger partial charge in [0.25, 0.3) is 0 Å². The number of aliphatic hydroxyl groups is 2. The summed E-state index contributed by atoms with van der Waals surface area (Å²) in [6, 6.07) is 14.2. The summed E-state index contributed by atoms with van der Waals surface area (Å²) in [5.74, 6) is -0.835. The van der Waals surface area contributed by atoms with Crippen LogP contribution in [0.15, 0.2) is 48.5 Å². The number of hydrogen-bond acceptors (Lipinski definition) is 6. The zero-order valence-corrected chi connectivity index (χ0v) is 23.5. The summed E-state index contributed by atoms with van der Waals surface area (Å²) < 4.78 is 19.9. The number of fused-ring (bicyclic) bond motifs is 3. The van der Waals surface area contributed by atoms with Crippen LogP contribution in [0.3, 0.4) is 0 Å².